The topological polar surface area (TPSA) is 78.9 Å². The lowest BCUT2D eigenvalue weighted by Crippen LogP contribution is -2.30. The van der Waals surface area contributed by atoms with E-state index in [4.69, 9.17) is 14.2 Å². The van der Waals surface area contributed by atoms with Crippen LogP contribution in [0, 0.1) is 0 Å². The van der Waals surface area contributed by atoms with Gasteiger partial charge in [-0.2, -0.15) is 0 Å². The Hall–Kier alpha value is -1.59. The van der Waals surface area contributed by atoms with Gasteiger partial charge in [0.1, 0.15) is 13.2 Å². The van der Waals surface area contributed by atoms with Crippen molar-refractivity contribution in [3.8, 4) is 0 Å². The number of rotatable bonds is 57. The molecular weight excluding hydrogens is 829 g/mol. The molecule has 0 aliphatic heterocycles. The first-order valence-corrected chi connectivity index (χ1v) is 30.5. The van der Waals surface area contributed by atoms with Crippen molar-refractivity contribution >= 4 is 17.9 Å². The molecular formula is C61H118O6. The van der Waals surface area contributed by atoms with Crippen molar-refractivity contribution in [2.45, 2.75) is 361 Å². The van der Waals surface area contributed by atoms with Gasteiger partial charge in [0.2, 0.25) is 0 Å². The van der Waals surface area contributed by atoms with E-state index in [1.165, 1.54) is 257 Å². The van der Waals surface area contributed by atoms with Crippen LogP contribution in [0.3, 0.4) is 0 Å². The lowest BCUT2D eigenvalue weighted by molar-refractivity contribution is -0.167. The number of hydrogen-bond donors (Lipinski definition) is 0. The van der Waals surface area contributed by atoms with Crippen LogP contribution in [0.15, 0.2) is 0 Å². The fourth-order valence-electron chi connectivity index (χ4n) is 9.51. The molecule has 0 fully saturated rings. The molecule has 0 bridgehead atoms. The quantitative estimate of drug-likeness (QED) is 0.0343. The summed E-state index contributed by atoms with van der Waals surface area (Å²) >= 11 is 0. The van der Waals surface area contributed by atoms with Gasteiger partial charge >= 0.3 is 17.9 Å². The predicted molar refractivity (Wildman–Crippen MR) is 289 cm³/mol. The van der Waals surface area contributed by atoms with Crippen LogP contribution in [0.1, 0.15) is 355 Å². The standard InChI is InChI=1S/C61H118O6/c1-4-7-10-13-16-19-22-24-26-28-29-30-31-32-34-35-37-39-42-45-48-51-54-60(63)66-57-58(56-65-59(62)53-50-47-44-41-21-18-15-12-9-6-3)67-61(64)55-52-49-46-43-40-38-36-33-27-25-23-20-17-14-11-8-5-2/h58H,4-57H2,1-3H3. The molecule has 0 saturated carbocycles. The zero-order valence-corrected chi connectivity index (χ0v) is 45.7. The summed E-state index contributed by atoms with van der Waals surface area (Å²) in [5, 5.41) is 0. The van der Waals surface area contributed by atoms with Gasteiger partial charge in [-0.25, -0.2) is 0 Å². The summed E-state index contributed by atoms with van der Waals surface area (Å²) in [6, 6.07) is 0. The Morgan fingerprint density at radius 3 is 0.597 bits per heavy atom. The lowest BCUT2D eigenvalue weighted by atomic mass is 10.0. The average molecular weight is 948 g/mol. The highest BCUT2D eigenvalue weighted by atomic mass is 16.6. The number of hydrogen-bond acceptors (Lipinski definition) is 6. The maximum Gasteiger partial charge on any atom is 0.306 e. The van der Waals surface area contributed by atoms with Crippen LogP contribution in [0.5, 0.6) is 0 Å². The van der Waals surface area contributed by atoms with Gasteiger partial charge in [-0.1, -0.05) is 316 Å². The zero-order chi connectivity index (χ0) is 48.6. The first-order valence-electron chi connectivity index (χ1n) is 30.5. The second-order valence-corrected chi connectivity index (χ2v) is 21.0. The average Bonchev–Trinajstić information content (AvgIpc) is 3.33. The smallest absolute Gasteiger partial charge is 0.306 e. The maximum atomic E-state index is 12.8. The minimum Gasteiger partial charge on any atom is -0.462 e. The van der Waals surface area contributed by atoms with E-state index < -0.39 is 6.10 Å². The van der Waals surface area contributed by atoms with Crippen molar-refractivity contribution in [2.24, 2.45) is 0 Å². The Bertz CT molecular complexity index is 998. The summed E-state index contributed by atoms with van der Waals surface area (Å²) in [7, 11) is 0. The number of carbonyl (C=O) groups is 3. The van der Waals surface area contributed by atoms with Gasteiger partial charge in [-0.3, -0.25) is 14.4 Å². The molecule has 398 valence electrons. The Morgan fingerprint density at radius 1 is 0.239 bits per heavy atom. The highest BCUT2D eigenvalue weighted by Gasteiger charge is 2.19. The number of ether oxygens (including phenoxy) is 3. The van der Waals surface area contributed by atoms with E-state index >= 15 is 0 Å². The molecule has 0 rings (SSSR count). The van der Waals surface area contributed by atoms with Crippen LogP contribution in [0.2, 0.25) is 0 Å². The van der Waals surface area contributed by atoms with Gasteiger partial charge in [-0.05, 0) is 19.3 Å². The van der Waals surface area contributed by atoms with Gasteiger partial charge in [-0.15, -0.1) is 0 Å². The fraction of sp³-hybridized carbons (Fsp3) is 0.951. The maximum absolute atomic E-state index is 12.8. The van der Waals surface area contributed by atoms with Crippen molar-refractivity contribution in [3.05, 3.63) is 0 Å². The van der Waals surface area contributed by atoms with E-state index in [2.05, 4.69) is 20.8 Å². The normalized spacial score (nSPS) is 11.9. The third-order valence-electron chi connectivity index (χ3n) is 14.1. The van der Waals surface area contributed by atoms with Crippen LogP contribution in [0.25, 0.3) is 0 Å². The molecule has 0 N–H and O–H groups in total. The molecule has 1 unspecified atom stereocenters. The van der Waals surface area contributed by atoms with Crippen LogP contribution in [-0.2, 0) is 28.6 Å². The molecule has 67 heavy (non-hydrogen) atoms. The van der Waals surface area contributed by atoms with E-state index in [1.54, 1.807) is 0 Å². The first kappa shape index (κ1) is 65.4. The van der Waals surface area contributed by atoms with Gasteiger partial charge < -0.3 is 14.2 Å². The molecule has 0 aliphatic rings. The molecule has 0 spiro atoms. The molecule has 0 saturated heterocycles. The lowest BCUT2D eigenvalue weighted by Gasteiger charge is -2.18. The monoisotopic (exact) mass is 947 g/mol. The summed E-state index contributed by atoms with van der Waals surface area (Å²) in [6.07, 6.45) is 64.0. The second kappa shape index (κ2) is 57.0. The molecule has 1 atom stereocenters. The molecule has 0 aromatic rings. The zero-order valence-electron chi connectivity index (χ0n) is 45.7. The molecule has 0 heterocycles. The van der Waals surface area contributed by atoms with Crippen molar-refractivity contribution < 1.29 is 28.6 Å². The van der Waals surface area contributed by atoms with Crippen molar-refractivity contribution in [3.63, 3.8) is 0 Å². The van der Waals surface area contributed by atoms with Crippen molar-refractivity contribution in [1.82, 2.24) is 0 Å². The van der Waals surface area contributed by atoms with Crippen LogP contribution < -0.4 is 0 Å². The highest BCUT2D eigenvalue weighted by Crippen LogP contribution is 2.18. The third-order valence-corrected chi connectivity index (χ3v) is 14.1. The van der Waals surface area contributed by atoms with Gasteiger partial charge in [0.25, 0.3) is 0 Å². The molecule has 6 nitrogen and oxygen atoms in total. The number of esters is 3. The minimum atomic E-state index is -0.761. The molecule has 0 amide bonds. The van der Waals surface area contributed by atoms with Crippen molar-refractivity contribution in [1.29, 1.82) is 0 Å². The van der Waals surface area contributed by atoms with Crippen LogP contribution in [0.4, 0.5) is 0 Å². The van der Waals surface area contributed by atoms with E-state index in [1.807, 2.05) is 0 Å². The summed E-state index contributed by atoms with van der Waals surface area (Å²) < 4.78 is 16.9. The summed E-state index contributed by atoms with van der Waals surface area (Å²) in [4.78, 5) is 38.1. The summed E-state index contributed by atoms with van der Waals surface area (Å²) in [5.41, 5.74) is 0. The first-order chi connectivity index (χ1) is 33.0. The largest absolute Gasteiger partial charge is 0.462 e. The third kappa shape index (κ3) is 55.2. The van der Waals surface area contributed by atoms with E-state index in [0.717, 1.165) is 57.8 Å². The van der Waals surface area contributed by atoms with Crippen molar-refractivity contribution in [2.75, 3.05) is 13.2 Å². The van der Waals surface area contributed by atoms with Gasteiger partial charge in [0, 0.05) is 19.3 Å². The Kier molecular flexibility index (Phi) is 55.6. The molecule has 6 heteroatoms. The van der Waals surface area contributed by atoms with E-state index in [9.17, 15) is 14.4 Å². The van der Waals surface area contributed by atoms with Gasteiger partial charge in [0.05, 0.1) is 0 Å². The van der Waals surface area contributed by atoms with Crippen LogP contribution in [-0.4, -0.2) is 37.2 Å². The SMILES string of the molecule is CCCCCCCCCCCCCCCCCCCCCCCCC(=O)OCC(COC(=O)CCCCCCCCCCCC)OC(=O)CCCCCCCCCCCCCCCCCCC. The predicted octanol–water partition coefficient (Wildman–Crippen LogP) is 20.3. The summed E-state index contributed by atoms with van der Waals surface area (Å²) in [5.74, 6) is -0.832. The number of unbranched alkanes of at least 4 members (excludes halogenated alkanes) is 46. The summed E-state index contributed by atoms with van der Waals surface area (Å²) in [6.45, 7) is 6.70. The Balaban J connectivity index is 4.18. The van der Waals surface area contributed by atoms with Crippen LogP contribution >= 0.6 is 0 Å². The number of carbonyl (C=O) groups excluding carboxylic acids is 3. The molecule has 0 radical (unpaired) electrons. The minimum absolute atomic E-state index is 0.0610. The Labute approximate surface area is 418 Å². The molecule has 0 aromatic heterocycles. The second-order valence-electron chi connectivity index (χ2n) is 21.0. The Morgan fingerprint density at radius 2 is 0.403 bits per heavy atom. The van der Waals surface area contributed by atoms with E-state index in [0.29, 0.717) is 19.3 Å². The van der Waals surface area contributed by atoms with E-state index in [-0.39, 0.29) is 31.1 Å². The molecule has 0 aliphatic carbocycles. The molecule has 0 aromatic carbocycles. The van der Waals surface area contributed by atoms with Gasteiger partial charge in [0.15, 0.2) is 6.10 Å². The highest BCUT2D eigenvalue weighted by molar-refractivity contribution is 5.71. The fourth-order valence-corrected chi connectivity index (χ4v) is 9.51.